The first kappa shape index (κ1) is 17.8. The molecule has 2 heterocycles. The number of hydrogen-bond acceptors (Lipinski definition) is 5. The van der Waals surface area contributed by atoms with Crippen LogP contribution in [0.25, 0.3) is 6.08 Å². The van der Waals surface area contributed by atoms with Crippen molar-refractivity contribution < 1.29 is 18.7 Å². The lowest BCUT2D eigenvalue weighted by molar-refractivity contribution is -0.137. The summed E-state index contributed by atoms with van der Waals surface area (Å²) in [6.45, 7) is 4.44. The second-order valence-electron chi connectivity index (χ2n) is 6.59. The van der Waals surface area contributed by atoms with Crippen LogP contribution in [0.3, 0.4) is 0 Å². The van der Waals surface area contributed by atoms with Crippen LogP contribution in [0.4, 0.5) is 11.4 Å². The van der Waals surface area contributed by atoms with Crippen molar-refractivity contribution in [3.05, 3.63) is 54.5 Å². The maximum Gasteiger partial charge on any atom is 0.330 e. The highest BCUT2D eigenvalue weighted by molar-refractivity contribution is 6.07. The van der Waals surface area contributed by atoms with Gasteiger partial charge in [0, 0.05) is 12.6 Å². The summed E-state index contributed by atoms with van der Waals surface area (Å²) >= 11 is 0. The molecule has 0 unspecified atom stereocenters. The summed E-state index contributed by atoms with van der Waals surface area (Å²) in [4.78, 5) is 26.2. The van der Waals surface area contributed by atoms with E-state index in [-0.39, 0.29) is 12.5 Å². The monoisotopic (exact) mass is 354 g/mol. The largest absolute Gasteiger partial charge is 0.465 e. The van der Waals surface area contributed by atoms with E-state index in [0.717, 1.165) is 11.4 Å². The summed E-state index contributed by atoms with van der Waals surface area (Å²) < 4.78 is 10.3. The number of para-hydroxylation sites is 2. The zero-order valence-electron chi connectivity index (χ0n) is 14.9. The number of amides is 1. The number of hydrogen-bond donors (Lipinski definition) is 1. The van der Waals surface area contributed by atoms with Crippen LogP contribution >= 0.6 is 0 Å². The van der Waals surface area contributed by atoms with Gasteiger partial charge in [-0.1, -0.05) is 12.1 Å². The summed E-state index contributed by atoms with van der Waals surface area (Å²) in [6.07, 6.45) is 4.97. The molecule has 0 spiro atoms. The number of nitrogens with zero attached hydrogens (tertiary/aromatic N) is 1. The van der Waals surface area contributed by atoms with Crippen molar-refractivity contribution in [2.45, 2.75) is 25.8 Å². The van der Waals surface area contributed by atoms with Gasteiger partial charge in [0.1, 0.15) is 11.3 Å². The highest BCUT2D eigenvalue weighted by atomic mass is 16.5. The third-order valence-corrected chi connectivity index (χ3v) is 4.12. The van der Waals surface area contributed by atoms with Gasteiger partial charge in [-0.15, -0.1) is 0 Å². The number of nitrogens with one attached hydrogen (secondary N) is 1. The Labute approximate surface area is 152 Å². The minimum absolute atomic E-state index is 0.000224. The normalized spacial score (nSPS) is 15.6. The molecule has 26 heavy (non-hydrogen) atoms. The average Bonchev–Trinajstić information content (AvgIpc) is 3.13. The van der Waals surface area contributed by atoms with E-state index in [9.17, 15) is 9.59 Å². The van der Waals surface area contributed by atoms with E-state index in [4.69, 9.17) is 9.15 Å². The van der Waals surface area contributed by atoms with E-state index < -0.39 is 11.5 Å². The maximum atomic E-state index is 12.7. The minimum atomic E-state index is -0.670. The molecule has 0 aliphatic carbocycles. The van der Waals surface area contributed by atoms with E-state index in [0.29, 0.717) is 18.7 Å². The lowest BCUT2D eigenvalue weighted by Gasteiger charge is -2.39. The first-order chi connectivity index (χ1) is 12.5. The Kier molecular flexibility index (Phi) is 5.11. The van der Waals surface area contributed by atoms with Crippen molar-refractivity contribution in [2.24, 2.45) is 0 Å². The number of furan rings is 1. The fourth-order valence-electron chi connectivity index (χ4n) is 2.85. The molecule has 6 heteroatoms. The highest BCUT2D eigenvalue weighted by Gasteiger charge is 2.37. The van der Waals surface area contributed by atoms with E-state index in [2.05, 4.69) is 5.32 Å². The molecule has 0 atom stereocenters. The molecule has 6 nitrogen and oxygen atoms in total. The average molecular weight is 354 g/mol. The molecule has 0 fully saturated rings. The summed E-state index contributed by atoms with van der Waals surface area (Å²) in [5.41, 5.74) is 1.10. The van der Waals surface area contributed by atoms with Gasteiger partial charge < -0.3 is 19.4 Å². The number of fused-ring (bicyclic) bond motifs is 1. The molecule has 0 radical (unpaired) electrons. The summed E-state index contributed by atoms with van der Waals surface area (Å²) in [7, 11) is 0. The second-order valence-corrected chi connectivity index (χ2v) is 6.59. The number of ether oxygens (including phenoxy) is 1. The van der Waals surface area contributed by atoms with Gasteiger partial charge in [-0.05, 0) is 50.6 Å². The molecule has 0 saturated carbocycles. The topological polar surface area (TPSA) is 71.8 Å². The first-order valence-electron chi connectivity index (χ1n) is 8.55. The number of carbonyl (C=O) groups excluding carboxylic acids is 2. The fraction of sp³-hybridized carbons (Fsp3) is 0.300. The predicted octanol–water partition coefficient (Wildman–Crippen LogP) is 3.46. The van der Waals surface area contributed by atoms with Crippen molar-refractivity contribution in [2.75, 3.05) is 23.4 Å². The van der Waals surface area contributed by atoms with Crippen molar-refractivity contribution in [3.8, 4) is 0 Å². The molecule has 1 aliphatic rings. The molecule has 1 aromatic heterocycles. The Morgan fingerprint density at radius 3 is 2.85 bits per heavy atom. The SMILES string of the molecule is CC1(C)Nc2ccccc2N(CCCOC(=O)/C=C/c2ccco2)C1=O. The predicted molar refractivity (Wildman–Crippen MR) is 99.8 cm³/mol. The van der Waals surface area contributed by atoms with Crippen LogP contribution in [0.5, 0.6) is 0 Å². The standard InChI is InChI=1S/C20H22N2O4/c1-20(2)19(24)22(17-9-4-3-8-16(17)21-20)12-6-14-26-18(23)11-10-15-7-5-13-25-15/h3-5,7-11,13,21H,6,12,14H2,1-2H3/b11-10+. The Bertz CT molecular complexity index is 809. The van der Waals surface area contributed by atoms with Gasteiger partial charge in [0.05, 0.1) is 24.2 Å². The van der Waals surface area contributed by atoms with Crippen molar-refractivity contribution >= 4 is 29.3 Å². The zero-order valence-corrected chi connectivity index (χ0v) is 14.9. The summed E-state index contributed by atoms with van der Waals surface area (Å²) in [6, 6.07) is 11.2. The number of esters is 1. The lowest BCUT2D eigenvalue weighted by Crippen LogP contribution is -2.54. The number of rotatable bonds is 6. The van der Waals surface area contributed by atoms with Crippen LogP contribution in [-0.4, -0.2) is 30.6 Å². The Hall–Kier alpha value is -3.02. The lowest BCUT2D eigenvalue weighted by atomic mass is 9.98. The quantitative estimate of drug-likeness (QED) is 0.489. The third-order valence-electron chi connectivity index (χ3n) is 4.12. The van der Waals surface area contributed by atoms with Crippen LogP contribution in [0, 0.1) is 0 Å². The fourth-order valence-corrected chi connectivity index (χ4v) is 2.85. The van der Waals surface area contributed by atoms with Crippen LogP contribution in [0.1, 0.15) is 26.0 Å². The number of anilines is 2. The van der Waals surface area contributed by atoms with Crippen LogP contribution < -0.4 is 10.2 Å². The molecular formula is C20H22N2O4. The molecule has 0 bridgehead atoms. The zero-order chi connectivity index (χ0) is 18.6. The maximum absolute atomic E-state index is 12.7. The molecule has 1 amide bonds. The second kappa shape index (κ2) is 7.47. The van der Waals surface area contributed by atoms with Gasteiger partial charge in [-0.2, -0.15) is 0 Å². The van der Waals surface area contributed by atoms with Crippen LogP contribution in [0.15, 0.2) is 53.2 Å². The van der Waals surface area contributed by atoms with Gasteiger partial charge in [0.2, 0.25) is 0 Å². The molecule has 0 saturated heterocycles. The van der Waals surface area contributed by atoms with Gasteiger partial charge in [0.15, 0.2) is 0 Å². The molecular weight excluding hydrogens is 332 g/mol. The van der Waals surface area contributed by atoms with Gasteiger partial charge in [0.25, 0.3) is 5.91 Å². The molecule has 1 aromatic carbocycles. The van der Waals surface area contributed by atoms with Crippen LogP contribution in [-0.2, 0) is 14.3 Å². The molecule has 136 valence electrons. The van der Waals surface area contributed by atoms with E-state index in [1.807, 2.05) is 38.1 Å². The number of carbonyl (C=O) groups is 2. The Balaban J connectivity index is 1.54. The summed E-state index contributed by atoms with van der Waals surface area (Å²) in [5.74, 6) is 0.154. The van der Waals surface area contributed by atoms with Crippen LogP contribution in [0.2, 0.25) is 0 Å². The van der Waals surface area contributed by atoms with Gasteiger partial charge in [-0.3, -0.25) is 4.79 Å². The van der Waals surface area contributed by atoms with Crippen molar-refractivity contribution in [1.82, 2.24) is 0 Å². The molecule has 1 aliphatic heterocycles. The molecule has 1 N–H and O–H groups in total. The minimum Gasteiger partial charge on any atom is -0.465 e. The molecule has 2 aromatic rings. The van der Waals surface area contributed by atoms with E-state index >= 15 is 0 Å². The molecule has 3 rings (SSSR count). The van der Waals surface area contributed by atoms with Crippen molar-refractivity contribution in [3.63, 3.8) is 0 Å². The third kappa shape index (κ3) is 3.96. The van der Waals surface area contributed by atoms with Gasteiger partial charge in [-0.25, -0.2) is 4.79 Å². The smallest absolute Gasteiger partial charge is 0.330 e. The highest BCUT2D eigenvalue weighted by Crippen LogP contribution is 2.34. The summed E-state index contributed by atoms with van der Waals surface area (Å²) in [5, 5.41) is 3.26. The van der Waals surface area contributed by atoms with E-state index in [1.165, 1.54) is 12.3 Å². The first-order valence-corrected chi connectivity index (χ1v) is 8.55. The van der Waals surface area contributed by atoms with E-state index in [1.54, 1.807) is 23.1 Å². The number of benzene rings is 1. The van der Waals surface area contributed by atoms with Gasteiger partial charge >= 0.3 is 5.97 Å². The van der Waals surface area contributed by atoms with Crippen molar-refractivity contribution in [1.29, 1.82) is 0 Å². The Morgan fingerprint density at radius 1 is 1.27 bits per heavy atom. The Morgan fingerprint density at radius 2 is 2.08 bits per heavy atom.